The molecule has 3 atom stereocenters. The van der Waals surface area contributed by atoms with Crippen molar-refractivity contribution in [2.24, 2.45) is 17.8 Å². The van der Waals surface area contributed by atoms with Gasteiger partial charge in [-0.3, -0.25) is 9.59 Å². The number of likely N-dealkylation sites (N-methyl/N-ethyl adjacent to an activating group) is 1. The van der Waals surface area contributed by atoms with Crippen LogP contribution >= 0.6 is 0 Å². The normalized spacial score (nSPS) is 38.5. The summed E-state index contributed by atoms with van der Waals surface area (Å²) in [7, 11) is 2.11. The number of ketones is 1. The number of nitrogens with zero attached hydrogens (tertiary/aromatic N) is 1. The second-order valence-electron chi connectivity index (χ2n) is 7.01. The lowest BCUT2D eigenvalue weighted by molar-refractivity contribution is -0.138. The molecule has 0 aromatic rings. The third kappa shape index (κ3) is 2.90. The summed E-state index contributed by atoms with van der Waals surface area (Å²) in [6.45, 7) is 2.10. The van der Waals surface area contributed by atoms with Gasteiger partial charge in [0.25, 0.3) is 0 Å². The predicted molar refractivity (Wildman–Crippen MR) is 77.2 cm³/mol. The molecule has 2 saturated carbocycles. The molecule has 4 nitrogen and oxygen atoms in total. The monoisotopic (exact) mass is 278 g/mol. The van der Waals surface area contributed by atoms with E-state index >= 15 is 0 Å². The second kappa shape index (κ2) is 5.84. The van der Waals surface area contributed by atoms with Crippen molar-refractivity contribution in [3.8, 4) is 0 Å². The fraction of sp³-hybridized carbons (Fsp3) is 0.875. The van der Waals surface area contributed by atoms with Crippen LogP contribution in [-0.2, 0) is 9.59 Å². The highest BCUT2D eigenvalue weighted by molar-refractivity contribution is 5.88. The largest absolute Gasteiger partial charge is 0.352 e. The molecule has 0 aromatic carbocycles. The van der Waals surface area contributed by atoms with E-state index in [1.807, 2.05) is 0 Å². The van der Waals surface area contributed by atoms with Gasteiger partial charge in [0.15, 0.2) is 0 Å². The topological polar surface area (TPSA) is 49.4 Å². The molecule has 1 N–H and O–H groups in total. The second-order valence-corrected chi connectivity index (χ2v) is 7.01. The molecule has 3 unspecified atom stereocenters. The molecule has 1 heterocycles. The lowest BCUT2D eigenvalue weighted by atomic mass is 9.67. The van der Waals surface area contributed by atoms with Crippen molar-refractivity contribution in [2.75, 3.05) is 20.1 Å². The zero-order valence-electron chi connectivity index (χ0n) is 12.4. The zero-order valence-corrected chi connectivity index (χ0v) is 12.4. The molecule has 3 aliphatic rings. The van der Waals surface area contributed by atoms with Crippen molar-refractivity contribution in [1.82, 2.24) is 10.2 Å². The molecule has 4 heteroatoms. The van der Waals surface area contributed by atoms with Gasteiger partial charge in [-0.2, -0.15) is 0 Å². The van der Waals surface area contributed by atoms with Gasteiger partial charge in [-0.15, -0.1) is 0 Å². The van der Waals surface area contributed by atoms with Crippen LogP contribution in [-0.4, -0.2) is 42.8 Å². The van der Waals surface area contributed by atoms with Crippen LogP contribution in [0.4, 0.5) is 0 Å². The summed E-state index contributed by atoms with van der Waals surface area (Å²) in [6.07, 6.45) is 7.03. The van der Waals surface area contributed by atoms with Crippen LogP contribution in [0.2, 0.25) is 0 Å². The van der Waals surface area contributed by atoms with Crippen LogP contribution in [0.25, 0.3) is 0 Å². The van der Waals surface area contributed by atoms with Crippen LogP contribution in [0.5, 0.6) is 0 Å². The molecule has 1 aliphatic heterocycles. The molecule has 20 heavy (non-hydrogen) atoms. The summed E-state index contributed by atoms with van der Waals surface area (Å²) in [5.74, 6) is 1.07. The summed E-state index contributed by atoms with van der Waals surface area (Å²) < 4.78 is 0. The average Bonchev–Trinajstić information content (AvgIpc) is 2.38. The van der Waals surface area contributed by atoms with Crippen LogP contribution in [0.3, 0.4) is 0 Å². The maximum absolute atomic E-state index is 12.5. The molecule has 1 amide bonds. The first-order chi connectivity index (χ1) is 9.63. The molecule has 3 rings (SSSR count). The summed E-state index contributed by atoms with van der Waals surface area (Å²) in [5.41, 5.74) is 0. The minimum atomic E-state index is 0.0789. The molecule has 2 aliphatic carbocycles. The Balaban J connectivity index is 1.56. The van der Waals surface area contributed by atoms with Crippen LogP contribution < -0.4 is 5.32 Å². The fourth-order valence-electron chi connectivity index (χ4n) is 4.30. The SMILES string of the molecule is CN1CCCC(NC(=O)C2CC3CCCC(C2)C3=O)C1. The standard InChI is InChI=1S/C16H26N2O2/c1-18-7-3-6-14(10-18)17-16(20)13-8-11-4-2-5-12(9-13)15(11)19/h11-14H,2-10H2,1H3,(H,17,20). The number of likely N-dealkylation sites (tertiary alicyclic amines) is 1. The number of amides is 1. The Kier molecular flexibility index (Phi) is 4.11. The van der Waals surface area contributed by atoms with E-state index in [2.05, 4.69) is 17.3 Å². The van der Waals surface area contributed by atoms with Gasteiger partial charge >= 0.3 is 0 Å². The molecule has 0 spiro atoms. The van der Waals surface area contributed by atoms with Gasteiger partial charge in [0.05, 0.1) is 0 Å². The van der Waals surface area contributed by atoms with Gasteiger partial charge in [-0.25, -0.2) is 0 Å². The average molecular weight is 278 g/mol. The molecule has 3 fully saturated rings. The Morgan fingerprint density at radius 1 is 1.15 bits per heavy atom. The maximum Gasteiger partial charge on any atom is 0.223 e. The van der Waals surface area contributed by atoms with E-state index in [-0.39, 0.29) is 23.7 Å². The Morgan fingerprint density at radius 2 is 1.85 bits per heavy atom. The quantitative estimate of drug-likeness (QED) is 0.834. The van der Waals surface area contributed by atoms with E-state index in [1.165, 1.54) is 6.42 Å². The third-order valence-corrected chi connectivity index (χ3v) is 5.39. The Hall–Kier alpha value is -0.900. The molecule has 0 radical (unpaired) electrons. The first-order valence-corrected chi connectivity index (χ1v) is 8.16. The van der Waals surface area contributed by atoms with E-state index in [4.69, 9.17) is 0 Å². The molecular weight excluding hydrogens is 252 g/mol. The number of nitrogens with one attached hydrogen (secondary N) is 1. The lowest BCUT2D eigenvalue weighted by Crippen LogP contribution is -2.50. The van der Waals surface area contributed by atoms with Crippen molar-refractivity contribution in [1.29, 1.82) is 0 Å². The number of carbonyl (C=O) groups is 2. The zero-order chi connectivity index (χ0) is 14.1. The maximum atomic E-state index is 12.5. The van der Waals surface area contributed by atoms with Crippen LogP contribution in [0, 0.1) is 17.8 Å². The highest BCUT2D eigenvalue weighted by atomic mass is 16.2. The van der Waals surface area contributed by atoms with E-state index < -0.39 is 0 Å². The minimum absolute atomic E-state index is 0.0789. The Morgan fingerprint density at radius 3 is 2.50 bits per heavy atom. The fourth-order valence-corrected chi connectivity index (χ4v) is 4.30. The van der Waals surface area contributed by atoms with Crippen molar-refractivity contribution in [2.45, 2.75) is 51.0 Å². The number of hydrogen-bond donors (Lipinski definition) is 1. The van der Waals surface area contributed by atoms with Crippen molar-refractivity contribution < 1.29 is 9.59 Å². The highest BCUT2D eigenvalue weighted by Gasteiger charge is 2.41. The number of hydrogen-bond acceptors (Lipinski definition) is 3. The van der Waals surface area contributed by atoms with Gasteiger partial charge in [-0.05, 0) is 52.1 Å². The minimum Gasteiger partial charge on any atom is -0.352 e. The molecule has 1 saturated heterocycles. The summed E-state index contributed by atoms with van der Waals surface area (Å²) in [4.78, 5) is 26.8. The number of piperidine rings is 1. The first-order valence-electron chi connectivity index (χ1n) is 8.16. The third-order valence-electron chi connectivity index (χ3n) is 5.39. The highest BCUT2D eigenvalue weighted by Crippen LogP contribution is 2.40. The lowest BCUT2D eigenvalue weighted by Gasteiger charge is -2.38. The van der Waals surface area contributed by atoms with Gasteiger partial charge in [-0.1, -0.05) is 6.42 Å². The van der Waals surface area contributed by atoms with Crippen molar-refractivity contribution in [3.63, 3.8) is 0 Å². The van der Waals surface area contributed by atoms with Crippen molar-refractivity contribution in [3.05, 3.63) is 0 Å². The van der Waals surface area contributed by atoms with Crippen LogP contribution in [0.15, 0.2) is 0 Å². The molecule has 0 aromatic heterocycles. The first kappa shape index (κ1) is 14.1. The summed E-state index contributed by atoms with van der Waals surface area (Å²) in [5, 5.41) is 3.23. The Labute approximate surface area is 121 Å². The van der Waals surface area contributed by atoms with E-state index in [1.54, 1.807) is 0 Å². The molecular formula is C16H26N2O2. The molecule has 2 bridgehead atoms. The van der Waals surface area contributed by atoms with Gasteiger partial charge in [0.2, 0.25) is 5.91 Å². The number of rotatable bonds is 2. The van der Waals surface area contributed by atoms with Crippen LogP contribution in [0.1, 0.15) is 44.9 Å². The number of carbonyl (C=O) groups excluding carboxylic acids is 2. The predicted octanol–water partition coefficient (Wildman–Crippen LogP) is 1.59. The number of fused-ring (bicyclic) bond motifs is 2. The summed E-state index contributed by atoms with van der Waals surface area (Å²) in [6, 6.07) is 0.304. The van der Waals surface area contributed by atoms with E-state index in [0.29, 0.717) is 11.8 Å². The summed E-state index contributed by atoms with van der Waals surface area (Å²) >= 11 is 0. The van der Waals surface area contributed by atoms with E-state index in [9.17, 15) is 9.59 Å². The smallest absolute Gasteiger partial charge is 0.223 e. The van der Waals surface area contributed by atoms with E-state index in [0.717, 1.165) is 51.6 Å². The van der Waals surface area contributed by atoms with Gasteiger partial charge in [0.1, 0.15) is 5.78 Å². The van der Waals surface area contributed by atoms with Crippen molar-refractivity contribution >= 4 is 11.7 Å². The molecule has 112 valence electrons. The Bertz CT molecular complexity index is 380. The number of Topliss-reactive ketones (excluding diaryl/α,β-unsaturated/α-hetero) is 1. The van der Waals surface area contributed by atoms with Gasteiger partial charge < -0.3 is 10.2 Å². The van der Waals surface area contributed by atoms with Gasteiger partial charge in [0, 0.05) is 30.3 Å².